The Labute approximate surface area is 191 Å². The summed E-state index contributed by atoms with van der Waals surface area (Å²) in [5.41, 5.74) is 1.95. The number of rotatable bonds is 10. The Morgan fingerprint density at radius 1 is 1.03 bits per heavy atom. The molecule has 0 heterocycles. The summed E-state index contributed by atoms with van der Waals surface area (Å²) in [6, 6.07) is 19.2. The second kappa shape index (κ2) is 11.2. The van der Waals surface area contributed by atoms with Gasteiger partial charge >= 0.3 is 0 Å². The summed E-state index contributed by atoms with van der Waals surface area (Å²) < 4.78 is 0. The third-order valence-electron chi connectivity index (χ3n) is 6.74. The molecule has 0 aromatic heterocycles. The molecule has 4 heteroatoms. The average molecular weight is 443 g/mol. The summed E-state index contributed by atoms with van der Waals surface area (Å²) in [4.78, 5) is 2.50. The Bertz CT molecular complexity index is 840. The monoisotopic (exact) mass is 442 g/mol. The molecule has 30 heavy (non-hydrogen) atoms. The van der Waals surface area contributed by atoms with Crippen LogP contribution in [0.25, 0.3) is 0 Å². The molecule has 0 spiro atoms. The molecule has 2 aromatic rings. The van der Waals surface area contributed by atoms with Gasteiger partial charge in [-0.1, -0.05) is 79.4 Å². The van der Waals surface area contributed by atoms with E-state index in [2.05, 4.69) is 48.2 Å². The molecular formula is C26H32Cl2N2. The van der Waals surface area contributed by atoms with Gasteiger partial charge in [-0.2, -0.15) is 5.26 Å². The highest BCUT2D eigenvalue weighted by Gasteiger charge is 2.41. The van der Waals surface area contributed by atoms with Gasteiger partial charge in [-0.15, -0.1) is 0 Å². The van der Waals surface area contributed by atoms with Crippen LogP contribution in [0, 0.1) is 17.2 Å². The van der Waals surface area contributed by atoms with Gasteiger partial charge in [-0.05, 0) is 74.4 Å². The second-order valence-corrected chi connectivity index (χ2v) is 9.28. The number of likely N-dealkylation sites (N-methyl/N-ethyl adjacent to an activating group) is 1. The SMILES string of the molecule is CCN(CCCC(C#N)(c1ccc(Cl)c(Cl)c1)C1CCCC1)CCc1ccccc1. The molecule has 0 aliphatic heterocycles. The highest BCUT2D eigenvalue weighted by molar-refractivity contribution is 6.42. The van der Waals surface area contributed by atoms with Crippen LogP contribution in [0.15, 0.2) is 48.5 Å². The molecule has 3 rings (SSSR count). The van der Waals surface area contributed by atoms with E-state index in [0.29, 0.717) is 16.0 Å². The smallest absolute Gasteiger partial charge is 0.0851 e. The largest absolute Gasteiger partial charge is 0.303 e. The molecule has 0 radical (unpaired) electrons. The molecule has 1 aliphatic carbocycles. The van der Waals surface area contributed by atoms with Crippen molar-refractivity contribution in [3.63, 3.8) is 0 Å². The maximum absolute atomic E-state index is 10.4. The molecule has 1 atom stereocenters. The van der Waals surface area contributed by atoms with E-state index in [1.807, 2.05) is 18.2 Å². The fraction of sp³-hybridized carbons (Fsp3) is 0.500. The van der Waals surface area contributed by atoms with Crippen molar-refractivity contribution in [3.05, 3.63) is 69.7 Å². The molecule has 0 bridgehead atoms. The Balaban J connectivity index is 1.68. The van der Waals surface area contributed by atoms with Crippen LogP contribution in [0.2, 0.25) is 10.0 Å². The molecule has 0 saturated heterocycles. The maximum atomic E-state index is 10.4. The normalized spacial score (nSPS) is 16.5. The highest BCUT2D eigenvalue weighted by Crippen LogP contribution is 2.46. The van der Waals surface area contributed by atoms with E-state index in [0.717, 1.165) is 57.3 Å². The molecule has 1 unspecified atom stereocenters. The summed E-state index contributed by atoms with van der Waals surface area (Å²) in [5.74, 6) is 0.402. The second-order valence-electron chi connectivity index (χ2n) is 8.47. The van der Waals surface area contributed by atoms with Crippen LogP contribution < -0.4 is 0 Å². The Hall–Kier alpha value is -1.53. The zero-order valence-electron chi connectivity index (χ0n) is 17.9. The summed E-state index contributed by atoms with van der Waals surface area (Å²) >= 11 is 12.5. The van der Waals surface area contributed by atoms with Crippen molar-refractivity contribution in [2.24, 2.45) is 5.92 Å². The third-order valence-corrected chi connectivity index (χ3v) is 7.48. The van der Waals surface area contributed by atoms with Gasteiger partial charge in [0, 0.05) is 6.54 Å². The van der Waals surface area contributed by atoms with Crippen LogP contribution >= 0.6 is 23.2 Å². The van der Waals surface area contributed by atoms with E-state index in [4.69, 9.17) is 23.2 Å². The molecule has 0 N–H and O–H groups in total. The first-order valence-corrected chi connectivity index (χ1v) is 12.0. The zero-order chi connectivity index (χ0) is 21.4. The van der Waals surface area contributed by atoms with Gasteiger partial charge in [0.05, 0.1) is 21.5 Å². The molecule has 1 saturated carbocycles. The standard InChI is InChI=1S/C26H32Cl2N2/c1-2-30(18-15-21-9-4-3-5-10-21)17-8-16-26(20-29,22-11-6-7-12-22)23-13-14-24(27)25(28)19-23/h3-5,9-10,13-14,19,22H,2,6-8,11-12,15-18H2,1H3. The summed E-state index contributed by atoms with van der Waals surface area (Å²) in [6.45, 7) is 5.32. The van der Waals surface area contributed by atoms with E-state index in [9.17, 15) is 5.26 Å². The molecule has 1 aliphatic rings. The number of hydrogen-bond donors (Lipinski definition) is 0. The van der Waals surface area contributed by atoms with Crippen LogP contribution in [-0.2, 0) is 11.8 Å². The predicted molar refractivity (Wildman–Crippen MR) is 127 cm³/mol. The van der Waals surface area contributed by atoms with Crippen molar-refractivity contribution in [1.82, 2.24) is 4.90 Å². The maximum Gasteiger partial charge on any atom is 0.0851 e. The lowest BCUT2D eigenvalue weighted by molar-refractivity contribution is 0.255. The lowest BCUT2D eigenvalue weighted by Gasteiger charge is -2.34. The van der Waals surface area contributed by atoms with Crippen molar-refractivity contribution in [2.75, 3.05) is 19.6 Å². The van der Waals surface area contributed by atoms with Crippen LogP contribution in [0.4, 0.5) is 0 Å². The van der Waals surface area contributed by atoms with Crippen molar-refractivity contribution < 1.29 is 0 Å². The van der Waals surface area contributed by atoms with E-state index in [-0.39, 0.29) is 0 Å². The molecule has 160 valence electrons. The molecule has 2 nitrogen and oxygen atoms in total. The lowest BCUT2D eigenvalue weighted by Crippen LogP contribution is -2.34. The predicted octanol–water partition coefficient (Wildman–Crippen LogP) is 7.29. The van der Waals surface area contributed by atoms with Gasteiger partial charge in [0.1, 0.15) is 0 Å². The van der Waals surface area contributed by atoms with Gasteiger partial charge in [-0.3, -0.25) is 0 Å². The fourth-order valence-electron chi connectivity index (χ4n) is 4.93. The highest BCUT2D eigenvalue weighted by atomic mass is 35.5. The zero-order valence-corrected chi connectivity index (χ0v) is 19.4. The van der Waals surface area contributed by atoms with E-state index >= 15 is 0 Å². The van der Waals surface area contributed by atoms with Crippen LogP contribution in [0.3, 0.4) is 0 Å². The van der Waals surface area contributed by atoms with Gasteiger partial charge in [0.15, 0.2) is 0 Å². The van der Waals surface area contributed by atoms with E-state index in [1.165, 1.54) is 18.4 Å². The minimum absolute atomic E-state index is 0.402. The Morgan fingerprint density at radius 3 is 2.40 bits per heavy atom. The lowest BCUT2D eigenvalue weighted by atomic mass is 9.67. The quantitative estimate of drug-likeness (QED) is 0.386. The van der Waals surface area contributed by atoms with Gasteiger partial charge in [0.2, 0.25) is 0 Å². The van der Waals surface area contributed by atoms with Gasteiger partial charge < -0.3 is 4.90 Å². The first kappa shape index (κ1) is 23.1. The topological polar surface area (TPSA) is 27.0 Å². The van der Waals surface area contributed by atoms with Crippen LogP contribution in [0.5, 0.6) is 0 Å². The average Bonchev–Trinajstić information content (AvgIpc) is 3.32. The number of nitriles is 1. The number of halogens is 2. The first-order valence-electron chi connectivity index (χ1n) is 11.2. The third kappa shape index (κ3) is 5.58. The first-order chi connectivity index (χ1) is 14.6. The molecule has 2 aromatic carbocycles. The molecular weight excluding hydrogens is 411 g/mol. The van der Waals surface area contributed by atoms with Crippen LogP contribution in [-0.4, -0.2) is 24.5 Å². The van der Waals surface area contributed by atoms with Crippen molar-refractivity contribution in [2.45, 2.75) is 57.3 Å². The van der Waals surface area contributed by atoms with Crippen molar-refractivity contribution in [1.29, 1.82) is 5.26 Å². The van der Waals surface area contributed by atoms with E-state index < -0.39 is 5.41 Å². The summed E-state index contributed by atoms with van der Waals surface area (Å²) in [7, 11) is 0. The fourth-order valence-corrected chi connectivity index (χ4v) is 5.23. The van der Waals surface area contributed by atoms with Crippen LogP contribution in [0.1, 0.15) is 56.6 Å². The van der Waals surface area contributed by atoms with Crippen molar-refractivity contribution in [3.8, 4) is 6.07 Å². The van der Waals surface area contributed by atoms with Gasteiger partial charge in [0.25, 0.3) is 0 Å². The number of hydrogen-bond acceptors (Lipinski definition) is 2. The van der Waals surface area contributed by atoms with E-state index in [1.54, 1.807) is 0 Å². The van der Waals surface area contributed by atoms with Crippen molar-refractivity contribution >= 4 is 23.2 Å². The molecule has 1 fully saturated rings. The summed E-state index contributed by atoms with van der Waals surface area (Å²) in [6.07, 6.45) is 7.62. The minimum Gasteiger partial charge on any atom is -0.303 e. The number of benzene rings is 2. The molecule has 0 amide bonds. The minimum atomic E-state index is -0.469. The summed E-state index contributed by atoms with van der Waals surface area (Å²) in [5, 5.41) is 11.5. The number of nitrogens with zero attached hydrogens (tertiary/aromatic N) is 2. The Kier molecular flexibility index (Phi) is 8.63. The Morgan fingerprint density at radius 2 is 1.77 bits per heavy atom. The van der Waals surface area contributed by atoms with Gasteiger partial charge in [-0.25, -0.2) is 0 Å².